The van der Waals surface area contributed by atoms with Crippen LogP contribution in [0.15, 0.2) is 53.7 Å². The van der Waals surface area contributed by atoms with Gasteiger partial charge in [-0.15, -0.1) is 0 Å². The Morgan fingerprint density at radius 2 is 1.56 bits per heavy atom. The summed E-state index contributed by atoms with van der Waals surface area (Å²) >= 11 is 0. The Hall–Kier alpha value is -2.49. The molecule has 2 aromatic rings. The van der Waals surface area contributed by atoms with Gasteiger partial charge in [0.2, 0.25) is 0 Å². The largest absolute Gasteiger partial charge is 0.507 e. The van der Waals surface area contributed by atoms with Gasteiger partial charge in [-0.3, -0.25) is 0 Å². The average Bonchev–Trinajstić information content (AvgIpc) is 2.69. The Bertz CT molecular complexity index is 698. The fourth-order valence-electron chi connectivity index (χ4n) is 3.09. The lowest BCUT2D eigenvalue weighted by molar-refractivity contribution is 0.302. The number of oxime groups is 1. The van der Waals surface area contributed by atoms with Crippen molar-refractivity contribution in [1.29, 1.82) is 0 Å². The molecule has 2 aromatic carbocycles. The third-order valence-electron chi connectivity index (χ3n) is 4.64. The van der Waals surface area contributed by atoms with Crippen LogP contribution in [0.25, 0.3) is 0 Å². The molecule has 146 valence electrons. The normalized spacial score (nSPS) is 11.5. The van der Waals surface area contributed by atoms with Crippen LogP contribution in [0.5, 0.6) is 11.5 Å². The molecule has 0 aliphatic rings. The SMILES string of the molecule is CCCCCCCCCCOc1ccc(/C(=N\O)c2ccccc2)c(O)c1. The van der Waals surface area contributed by atoms with Crippen LogP contribution in [0.3, 0.4) is 0 Å². The molecule has 0 unspecified atom stereocenters. The van der Waals surface area contributed by atoms with Crippen molar-refractivity contribution in [2.45, 2.75) is 58.3 Å². The molecule has 4 heteroatoms. The number of ether oxygens (including phenoxy) is 1. The highest BCUT2D eigenvalue weighted by atomic mass is 16.5. The summed E-state index contributed by atoms with van der Waals surface area (Å²) < 4.78 is 5.74. The number of rotatable bonds is 12. The van der Waals surface area contributed by atoms with Crippen molar-refractivity contribution in [3.63, 3.8) is 0 Å². The van der Waals surface area contributed by atoms with Crippen molar-refractivity contribution in [1.82, 2.24) is 0 Å². The summed E-state index contributed by atoms with van der Waals surface area (Å²) in [4.78, 5) is 0. The predicted molar refractivity (Wildman–Crippen MR) is 110 cm³/mol. The quantitative estimate of drug-likeness (QED) is 0.204. The molecule has 2 rings (SSSR count). The summed E-state index contributed by atoms with van der Waals surface area (Å²) in [7, 11) is 0. The zero-order valence-corrected chi connectivity index (χ0v) is 16.2. The summed E-state index contributed by atoms with van der Waals surface area (Å²) in [6.07, 6.45) is 10.1. The summed E-state index contributed by atoms with van der Waals surface area (Å²) in [5.74, 6) is 0.671. The van der Waals surface area contributed by atoms with Gasteiger partial charge in [0, 0.05) is 17.2 Å². The molecular formula is C23H31NO3. The number of phenolic OH excluding ortho intramolecular Hbond substituents is 1. The van der Waals surface area contributed by atoms with E-state index in [2.05, 4.69) is 12.1 Å². The number of benzene rings is 2. The van der Waals surface area contributed by atoms with Gasteiger partial charge in [-0.2, -0.15) is 0 Å². The van der Waals surface area contributed by atoms with E-state index < -0.39 is 0 Å². The van der Waals surface area contributed by atoms with Gasteiger partial charge in [0.05, 0.1) is 6.61 Å². The van der Waals surface area contributed by atoms with E-state index in [0.717, 1.165) is 12.0 Å². The molecule has 4 nitrogen and oxygen atoms in total. The molecule has 0 atom stereocenters. The van der Waals surface area contributed by atoms with Crippen LogP contribution >= 0.6 is 0 Å². The maximum atomic E-state index is 10.3. The van der Waals surface area contributed by atoms with Crippen LogP contribution in [-0.2, 0) is 0 Å². The molecule has 0 bridgehead atoms. The Morgan fingerprint density at radius 3 is 2.19 bits per heavy atom. The first kappa shape index (κ1) is 20.8. The van der Waals surface area contributed by atoms with Crippen LogP contribution in [-0.4, -0.2) is 22.6 Å². The van der Waals surface area contributed by atoms with E-state index in [-0.39, 0.29) is 5.75 Å². The lowest BCUT2D eigenvalue weighted by Gasteiger charge is -2.10. The molecule has 0 aliphatic carbocycles. The first-order chi connectivity index (χ1) is 13.3. The third kappa shape index (κ3) is 6.97. The molecule has 0 radical (unpaired) electrons. The number of unbranched alkanes of at least 4 members (excludes halogenated alkanes) is 7. The van der Waals surface area contributed by atoms with E-state index in [9.17, 15) is 10.3 Å². The van der Waals surface area contributed by atoms with E-state index in [1.54, 1.807) is 18.2 Å². The minimum absolute atomic E-state index is 0.0417. The van der Waals surface area contributed by atoms with Crippen LogP contribution < -0.4 is 4.74 Å². The smallest absolute Gasteiger partial charge is 0.128 e. The van der Waals surface area contributed by atoms with Gasteiger partial charge < -0.3 is 15.1 Å². The second-order valence-electron chi connectivity index (χ2n) is 6.82. The van der Waals surface area contributed by atoms with E-state index >= 15 is 0 Å². The van der Waals surface area contributed by atoms with Gasteiger partial charge >= 0.3 is 0 Å². The highest BCUT2D eigenvalue weighted by Crippen LogP contribution is 2.26. The molecule has 0 heterocycles. The third-order valence-corrected chi connectivity index (χ3v) is 4.64. The van der Waals surface area contributed by atoms with Gasteiger partial charge in [0.25, 0.3) is 0 Å². The summed E-state index contributed by atoms with van der Waals surface area (Å²) in [5, 5.41) is 23.0. The van der Waals surface area contributed by atoms with Gasteiger partial charge in [0.1, 0.15) is 17.2 Å². The maximum Gasteiger partial charge on any atom is 0.128 e. The topological polar surface area (TPSA) is 62.0 Å². The number of phenols is 1. The first-order valence-corrected chi connectivity index (χ1v) is 10.00. The zero-order chi connectivity index (χ0) is 19.3. The van der Waals surface area contributed by atoms with Crippen molar-refractivity contribution < 1.29 is 15.1 Å². The predicted octanol–water partition coefficient (Wildman–Crippen LogP) is 6.14. The number of hydrogen-bond donors (Lipinski definition) is 2. The molecule has 0 saturated carbocycles. The van der Waals surface area contributed by atoms with Gasteiger partial charge in [-0.25, -0.2) is 0 Å². The highest BCUT2D eigenvalue weighted by Gasteiger charge is 2.13. The Morgan fingerprint density at radius 1 is 0.889 bits per heavy atom. The van der Waals surface area contributed by atoms with E-state index in [4.69, 9.17) is 4.74 Å². The Kier molecular flexibility index (Phi) is 9.25. The molecule has 0 saturated heterocycles. The molecule has 0 spiro atoms. The molecule has 0 aliphatic heterocycles. The van der Waals surface area contributed by atoms with Crippen LogP contribution in [0.2, 0.25) is 0 Å². The average molecular weight is 370 g/mol. The number of nitrogens with zero attached hydrogens (tertiary/aromatic N) is 1. The molecule has 0 aromatic heterocycles. The van der Waals surface area contributed by atoms with Gasteiger partial charge in [-0.1, -0.05) is 87.4 Å². The molecule has 0 fully saturated rings. The minimum atomic E-state index is 0.0417. The van der Waals surface area contributed by atoms with E-state index in [0.29, 0.717) is 23.6 Å². The van der Waals surface area contributed by atoms with Crippen molar-refractivity contribution in [2.24, 2.45) is 5.16 Å². The van der Waals surface area contributed by atoms with Crippen molar-refractivity contribution in [2.75, 3.05) is 6.61 Å². The maximum absolute atomic E-state index is 10.3. The van der Waals surface area contributed by atoms with Gasteiger partial charge in [-0.05, 0) is 18.6 Å². The van der Waals surface area contributed by atoms with Crippen molar-refractivity contribution in [3.05, 3.63) is 59.7 Å². The highest BCUT2D eigenvalue weighted by molar-refractivity contribution is 6.14. The number of hydrogen-bond acceptors (Lipinski definition) is 4. The van der Waals surface area contributed by atoms with E-state index in [1.165, 1.54) is 44.9 Å². The lowest BCUT2D eigenvalue weighted by Crippen LogP contribution is -2.04. The van der Waals surface area contributed by atoms with E-state index in [1.807, 2.05) is 30.3 Å². The molecule has 0 amide bonds. The second-order valence-corrected chi connectivity index (χ2v) is 6.82. The van der Waals surface area contributed by atoms with Gasteiger partial charge in [0.15, 0.2) is 0 Å². The molecular weight excluding hydrogens is 338 g/mol. The lowest BCUT2D eigenvalue weighted by atomic mass is 10.0. The molecule has 2 N–H and O–H groups in total. The zero-order valence-electron chi connectivity index (χ0n) is 16.2. The van der Waals surface area contributed by atoms with Crippen molar-refractivity contribution in [3.8, 4) is 11.5 Å². The summed E-state index contributed by atoms with van der Waals surface area (Å²) in [5.41, 5.74) is 1.55. The minimum Gasteiger partial charge on any atom is -0.507 e. The second kappa shape index (κ2) is 12.0. The van der Waals surface area contributed by atoms with Crippen LogP contribution in [0.4, 0.5) is 0 Å². The fourth-order valence-corrected chi connectivity index (χ4v) is 3.09. The summed E-state index contributed by atoms with van der Waals surface area (Å²) in [6.45, 7) is 2.88. The van der Waals surface area contributed by atoms with Crippen molar-refractivity contribution >= 4 is 5.71 Å². The fraction of sp³-hybridized carbons (Fsp3) is 0.435. The van der Waals surface area contributed by atoms with Crippen LogP contribution in [0.1, 0.15) is 69.4 Å². The first-order valence-electron chi connectivity index (χ1n) is 10.00. The Balaban J connectivity index is 1.79. The Labute approximate surface area is 162 Å². The monoisotopic (exact) mass is 369 g/mol. The standard InChI is InChI=1S/C23H31NO3/c1-2-3-4-5-6-7-8-12-17-27-20-15-16-21(22(25)18-20)23(24-26)19-13-10-9-11-14-19/h9-11,13-16,18,25-26H,2-8,12,17H2,1H3/b24-23-. The van der Waals surface area contributed by atoms with Crippen LogP contribution in [0, 0.1) is 0 Å². The summed E-state index contributed by atoms with van der Waals surface area (Å²) in [6, 6.07) is 14.4. The number of aromatic hydroxyl groups is 1. The molecule has 27 heavy (non-hydrogen) atoms.